The second-order valence-electron chi connectivity index (χ2n) is 6.41. The molecule has 0 fully saturated rings. The van der Waals surface area contributed by atoms with Gasteiger partial charge in [0.15, 0.2) is 11.6 Å². The van der Waals surface area contributed by atoms with E-state index in [9.17, 15) is 14.3 Å². The van der Waals surface area contributed by atoms with Gasteiger partial charge in [0.2, 0.25) is 0 Å². The van der Waals surface area contributed by atoms with E-state index in [1.54, 1.807) is 12.1 Å². The molecule has 5 nitrogen and oxygen atoms in total. The lowest BCUT2D eigenvalue weighted by atomic mass is 10.0. The smallest absolute Gasteiger partial charge is 0.255 e. The summed E-state index contributed by atoms with van der Waals surface area (Å²) in [6.45, 7) is 1.49. The number of benzene rings is 2. The van der Waals surface area contributed by atoms with Crippen LogP contribution in [0, 0.1) is 5.82 Å². The summed E-state index contributed by atoms with van der Waals surface area (Å²) in [5.74, 6) is -0.387. The molecule has 0 saturated carbocycles. The van der Waals surface area contributed by atoms with Crippen molar-refractivity contribution in [1.82, 2.24) is 14.9 Å². The molecule has 0 spiro atoms. The van der Waals surface area contributed by atoms with Gasteiger partial charge in [0, 0.05) is 37.2 Å². The zero-order chi connectivity index (χ0) is 18.1. The van der Waals surface area contributed by atoms with Gasteiger partial charge in [-0.15, -0.1) is 0 Å². The van der Waals surface area contributed by atoms with Gasteiger partial charge in [-0.3, -0.25) is 9.69 Å². The number of halogens is 1. The maximum absolute atomic E-state index is 13.5. The molecule has 0 unspecified atom stereocenters. The molecule has 2 heterocycles. The van der Waals surface area contributed by atoms with E-state index in [1.165, 1.54) is 6.07 Å². The third-order valence-corrected chi connectivity index (χ3v) is 4.66. The molecule has 0 atom stereocenters. The summed E-state index contributed by atoms with van der Waals surface area (Å²) in [5, 5.41) is 9.86. The van der Waals surface area contributed by atoms with E-state index in [4.69, 9.17) is 0 Å². The van der Waals surface area contributed by atoms with Crippen molar-refractivity contribution in [3.63, 3.8) is 0 Å². The topological polar surface area (TPSA) is 69.2 Å². The Labute approximate surface area is 149 Å². The molecule has 1 aliphatic rings. The Morgan fingerprint density at radius 3 is 2.77 bits per heavy atom. The first-order valence-corrected chi connectivity index (χ1v) is 8.48. The highest BCUT2D eigenvalue weighted by atomic mass is 19.1. The number of aromatic nitrogens is 2. The van der Waals surface area contributed by atoms with Crippen LogP contribution in [0.2, 0.25) is 0 Å². The number of aromatic amines is 1. The maximum Gasteiger partial charge on any atom is 0.255 e. The number of hydrogen-bond donors (Lipinski definition) is 2. The SMILES string of the molecule is O=c1[nH]c(-c2ccccc2)nc2c1CN(Cc1cccc(F)c1O)CC2. The number of rotatable bonds is 3. The molecule has 2 N–H and O–H groups in total. The summed E-state index contributed by atoms with van der Waals surface area (Å²) >= 11 is 0. The van der Waals surface area contributed by atoms with Gasteiger partial charge < -0.3 is 10.1 Å². The summed E-state index contributed by atoms with van der Waals surface area (Å²) in [6, 6.07) is 14.0. The molecule has 0 radical (unpaired) electrons. The summed E-state index contributed by atoms with van der Waals surface area (Å²) in [4.78, 5) is 22.0. The Kier molecular flexibility index (Phi) is 4.26. The Morgan fingerprint density at radius 2 is 1.96 bits per heavy atom. The highest BCUT2D eigenvalue weighted by Gasteiger charge is 2.22. The van der Waals surface area contributed by atoms with Crippen molar-refractivity contribution in [3.8, 4) is 17.1 Å². The molecule has 4 rings (SSSR count). The molecule has 2 aromatic carbocycles. The van der Waals surface area contributed by atoms with Crippen LogP contribution in [-0.4, -0.2) is 26.5 Å². The molecule has 0 aliphatic carbocycles. The first-order valence-electron chi connectivity index (χ1n) is 8.48. The van der Waals surface area contributed by atoms with Crippen LogP contribution in [0.25, 0.3) is 11.4 Å². The summed E-state index contributed by atoms with van der Waals surface area (Å²) in [7, 11) is 0. The van der Waals surface area contributed by atoms with Gasteiger partial charge in [-0.2, -0.15) is 0 Å². The quantitative estimate of drug-likeness (QED) is 0.761. The van der Waals surface area contributed by atoms with Crippen molar-refractivity contribution >= 4 is 0 Å². The van der Waals surface area contributed by atoms with Gasteiger partial charge in [0.05, 0.1) is 11.3 Å². The monoisotopic (exact) mass is 351 g/mol. The lowest BCUT2D eigenvalue weighted by Crippen LogP contribution is -2.35. The minimum absolute atomic E-state index is 0.151. The predicted octanol–water partition coefficient (Wildman–Crippen LogP) is 2.84. The van der Waals surface area contributed by atoms with E-state index in [1.807, 2.05) is 35.2 Å². The maximum atomic E-state index is 13.5. The molecule has 3 aromatic rings. The first kappa shape index (κ1) is 16.5. The zero-order valence-corrected chi connectivity index (χ0v) is 14.1. The van der Waals surface area contributed by atoms with E-state index >= 15 is 0 Å². The minimum Gasteiger partial charge on any atom is -0.505 e. The normalized spacial score (nSPS) is 14.2. The van der Waals surface area contributed by atoms with Crippen molar-refractivity contribution in [3.05, 3.63) is 81.5 Å². The van der Waals surface area contributed by atoms with Gasteiger partial charge >= 0.3 is 0 Å². The first-order chi connectivity index (χ1) is 12.6. The molecule has 1 aliphatic heterocycles. The summed E-state index contributed by atoms with van der Waals surface area (Å²) in [5.41, 5.74) is 2.67. The highest BCUT2D eigenvalue weighted by Crippen LogP contribution is 2.25. The van der Waals surface area contributed by atoms with E-state index in [0.29, 0.717) is 43.0 Å². The van der Waals surface area contributed by atoms with Crippen molar-refractivity contribution in [1.29, 1.82) is 0 Å². The second kappa shape index (κ2) is 6.72. The lowest BCUT2D eigenvalue weighted by Gasteiger charge is -2.28. The number of nitrogens with zero attached hydrogens (tertiary/aromatic N) is 2. The fourth-order valence-electron chi connectivity index (χ4n) is 3.28. The number of H-pyrrole nitrogens is 1. The molecule has 1 aromatic heterocycles. The van der Waals surface area contributed by atoms with Crippen LogP contribution in [0.3, 0.4) is 0 Å². The molecular weight excluding hydrogens is 333 g/mol. The Balaban J connectivity index is 1.60. The average molecular weight is 351 g/mol. The van der Waals surface area contributed by atoms with Crippen LogP contribution in [0.1, 0.15) is 16.8 Å². The van der Waals surface area contributed by atoms with Crippen LogP contribution in [-0.2, 0) is 19.5 Å². The van der Waals surface area contributed by atoms with Gasteiger partial charge in [-0.05, 0) is 6.07 Å². The highest BCUT2D eigenvalue weighted by molar-refractivity contribution is 5.54. The molecule has 26 heavy (non-hydrogen) atoms. The van der Waals surface area contributed by atoms with Crippen molar-refractivity contribution in [2.24, 2.45) is 0 Å². The van der Waals surface area contributed by atoms with E-state index in [-0.39, 0.29) is 11.3 Å². The zero-order valence-electron chi connectivity index (χ0n) is 14.1. The van der Waals surface area contributed by atoms with E-state index < -0.39 is 5.82 Å². The fourth-order valence-corrected chi connectivity index (χ4v) is 3.28. The number of aromatic hydroxyl groups is 1. The lowest BCUT2D eigenvalue weighted by molar-refractivity contribution is 0.238. The van der Waals surface area contributed by atoms with Crippen molar-refractivity contribution in [2.75, 3.05) is 6.54 Å². The van der Waals surface area contributed by atoms with Crippen molar-refractivity contribution in [2.45, 2.75) is 19.5 Å². The molecule has 0 amide bonds. The van der Waals surface area contributed by atoms with Crippen LogP contribution >= 0.6 is 0 Å². The molecule has 132 valence electrons. The third kappa shape index (κ3) is 3.11. The average Bonchev–Trinajstić information content (AvgIpc) is 2.66. The number of para-hydroxylation sites is 1. The fraction of sp³-hybridized carbons (Fsp3) is 0.200. The predicted molar refractivity (Wildman–Crippen MR) is 96.2 cm³/mol. The molecular formula is C20H18FN3O2. The number of nitrogens with one attached hydrogen (secondary N) is 1. The largest absolute Gasteiger partial charge is 0.505 e. The molecule has 0 saturated heterocycles. The van der Waals surface area contributed by atoms with Gasteiger partial charge in [0.1, 0.15) is 5.82 Å². The van der Waals surface area contributed by atoms with Crippen LogP contribution < -0.4 is 5.56 Å². The van der Waals surface area contributed by atoms with Gasteiger partial charge in [-0.25, -0.2) is 9.37 Å². The Hall–Kier alpha value is -2.99. The van der Waals surface area contributed by atoms with Gasteiger partial charge in [0.25, 0.3) is 5.56 Å². The van der Waals surface area contributed by atoms with Crippen LogP contribution in [0.4, 0.5) is 4.39 Å². The number of phenolic OH excluding ortho intramolecular Hbond substituents is 1. The molecule has 0 bridgehead atoms. The summed E-state index contributed by atoms with van der Waals surface area (Å²) < 4.78 is 13.5. The van der Waals surface area contributed by atoms with Crippen LogP contribution in [0.15, 0.2) is 53.3 Å². The Bertz CT molecular complexity index is 1000. The second-order valence-corrected chi connectivity index (χ2v) is 6.41. The Morgan fingerprint density at radius 1 is 1.15 bits per heavy atom. The van der Waals surface area contributed by atoms with Gasteiger partial charge in [-0.1, -0.05) is 42.5 Å². The number of fused-ring (bicyclic) bond motifs is 1. The standard InChI is InChI=1S/C20H18FN3O2/c21-16-8-4-7-14(18(16)25)11-24-10-9-17-15(12-24)20(26)23-19(22-17)13-5-2-1-3-6-13/h1-8,25H,9-12H2,(H,22,23,26). The minimum atomic E-state index is -0.632. The third-order valence-electron chi connectivity index (χ3n) is 4.66. The van der Waals surface area contributed by atoms with Crippen molar-refractivity contribution < 1.29 is 9.50 Å². The van der Waals surface area contributed by atoms with Crippen LogP contribution in [0.5, 0.6) is 5.75 Å². The summed E-state index contributed by atoms with van der Waals surface area (Å²) in [6.07, 6.45) is 0.634. The van der Waals surface area contributed by atoms with E-state index in [0.717, 1.165) is 11.3 Å². The number of phenols is 1. The molecule has 6 heteroatoms. The van der Waals surface area contributed by atoms with E-state index in [2.05, 4.69) is 9.97 Å². The number of hydrogen-bond acceptors (Lipinski definition) is 4.